The topological polar surface area (TPSA) is 50.4 Å². The van der Waals surface area contributed by atoms with Gasteiger partial charge in [0.15, 0.2) is 0 Å². The maximum atomic E-state index is 12.1. The van der Waals surface area contributed by atoms with E-state index in [1.54, 1.807) is 6.07 Å². The standard InChI is InChI=1S/C16H21F3N2O2/c1-11(2)7-8-12(3)21-15(22)20-10-13-5-4-6-14(9-13)23-16(17,18)19/h4-6,9,11H,3,7-8,10H2,1-2H3,(H2,20,21,22). The zero-order valence-corrected chi connectivity index (χ0v) is 13.2. The molecule has 2 amide bonds. The molecule has 0 unspecified atom stereocenters. The minimum Gasteiger partial charge on any atom is -0.406 e. The van der Waals surface area contributed by atoms with Crippen LogP contribution in [0.4, 0.5) is 18.0 Å². The van der Waals surface area contributed by atoms with Gasteiger partial charge in [-0.2, -0.15) is 0 Å². The van der Waals surface area contributed by atoms with Crippen LogP contribution >= 0.6 is 0 Å². The molecular formula is C16H21F3N2O2. The molecule has 23 heavy (non-hydrogen) atoms. The number of nitrogens with one attached hydrogen (secondary N) is 2. The Balaban J connectivity index is 2.44. The molecule has 0 saturated heterocycles. The Kier molecular flexibility index (Phi) is 6.93. The van der Waals surface area contributed by atoms with Gasteiger partial charge in [-0.05, 0) is 36.5 Å². The number of carbonyl (C=O) groups is 1. The van der Waals surface area contributed by atoms with Crippen molar-refractivity contribution in [2.24, 2.45) is 5.92 Å². The highest BCUT2D eigenvalue weighted by atomic mass is 19.4. The summed E-state index contributed by atoms with van der Waals surface area (Å²) in [7, 11) is 0. The molecule has 0 spiro atoms. The van der Waals surface area contributed by atoms with E-state index in [4.69, 9.17) is 0 Å². The summed E-state index contributed by atoms with van der Waals surface area (Å²) in [6.45, 7) is 7.99. The Labute approximate surface area is 133 Å². The molecule has 128 valence electrons. The second-order valence-electron chi connectivity index (χ2n) is 5.54. The van der Waals surface area contributed by atoms with Gasteiger partial charge in [0, 0.05) is 12.2 Å². The number of halogens is 3. The van der Waals surface area contributed by atoms with Crippen LogP contribution in [-0.4, -0.2) is 12.4 Å². The maximum Gasteiger partial charge on any atom is 0.573 e. The molecule has 0 bridgehead atoms. The smallest absolute Gasteiger partial charge is 0.406 e. The molecule has 1 rings (SSSR count). The number of urea groups is 1. The molecule has 1 aromatic rings. The van der Waals surface area contributed by atoms with Crippen molar-refractivity contribution in [2.45, 2.75) is 39.6 Å². The molecular weight excluding hydrogens is 309 g/mol. The van der Waals surface area contributed by atoms with E-state index < -0.39 is 12.4 Å². The van der Waals surface area contributed by atoms with E-state index >= 15 is 0 Å². The lowest BCUT2D eigenvalue weighted by Gasteiger charge is -2.12. The predicted molar refractivity (Wildman–Crippen MR) is 81.7 cm³/mol. The molecule has 0 saturated carbocycles. The summed E-state index contributed by atoms with van der Waals surface area (Å²) in [5.41, 5.74) is 1.10. The van der Waals surface area contributed by atoms with E-state index in [9.17, 15) is 18.0 Å². The van der Waals surface area contributed by atoms with Crippen LogP contribution in [0, 0.1) is 5.92 Å². The first-order valence-electron chi connectivity index (χ1n) is 7.23. The second kappa shape index (κ2) is 8.45. The molecule has 0 aromatic heterocycles. The van der Waals surface area contributed by atoms with Crippen molar-refractivity contribution >= 4 is 6.03 Å². The normalized spacial score (nSPS) is 11.2. The number of alkyl halides is 3. The summed E-state index contributed by atoms with van der Waals surface area (Å²) in [6.07, 6.45) is -3.15. The SMILES string of the molecule is C=C(CCC(C)C)NC(=O)NCc1cccc(OC(F)(F)F)c1. The average molecular weight is 330 g/mol. The molecule has 0 aliphatic carbocycles. The molecule has 0 heterocycles. The van der Waals surface area contributed by atoms with Crippen LogP contribution in [0.15, 0.2) is 36.5 Å². The third-order valence-electron chi connectivity index (χ3n) is 2.90. The van der Waals surface area contributed by atoms with E-state index in [0.717, 1.165) is 6.42 Å². The van der Waals surface area contributed by atoms with Gasteiger partial charge in [-0.15, -0.1) is 13.2 Å². The van der Waals surface area contributed by atoms with E-state index in [2.05, 4.69) is 35.8 Å². The lowest BCUT2D eigenvalue weighted by molar-refractivity contribution is -0.274. The van der Waals surface area contributed by atoms with Crippen LogP contribution in [0.25, 0.3) is 0 Å². The average Bonchev–Trinajstić information content (AvgIpc) is 2.41. The summed E-state index contributed by atoms with van der Waals surface area (Å²) in [4.78, 5) is 11.7. The molecule has 4 nitrogen and oxygen atoms in total. The maximum absolute atomic E-state index is 12.1. The minimum atomic E-state index is -4.74. The minimum absolute atomic E-state index is 0.0817. The first-order valence-corrected chi connectivity index (χ1v) is 7.23. The highest BCUT2D eigenvalue weighted by molar-refractivity contribution is 5.75. The van der Waals surface area contributed by atoms with Gasteiger partial charge in [-0.25, -0.2) is 4.79 Å². The zero-order chi connectivity index (χ0) is 17.5. The number of hydrogen-bond acceptors (Lipinski definition) is 2. The monoisotopic (exact) mass is 330 g/mol. The Morgan fingerprint density at radius 1 is 1.35 bits per heavy atom. The van der Waals surface area contributed by atoms with Crippen LogP contribution in [0.2, 0.25) is 0 Å². The second-order valence-corrected chi connectivity index (χ2v) is 5.54. The van der Waals surface area contributed by atoms with Gasteiger partial charge in [-0.3, -0.25) is 0 Å². The Morgan fingerprint density at radius 2 is 2.04 bits per heavy atom. The van der Waals surface area contributed by atoms with E-state index in [1.165, 1.54) is 18.2 Å². The first kappa shape index (κ1) is 18.9. The molecule has 0 fully saturated rings. The van der Waals surface area contributed by atoms with Gasteiger partial charge in [0.05, 0.1) is 0 Å². The largest absolute Gasteiger partial charge is 0.573 e. The lowest BCUT2D eigenvalue weighted by Crippen LogP contribution is -2.34. The van der Waals surface area contributed by atoms with Crippen molar-refractivity contribution in [3.05, 3.63) is 42.1 Å². The number of benzene rings is 1. The first-order chi connectivity index (χ1) is 10.7. The fourth-order valence-corrected chi connectivity index (χ4v) is 1.77. The quantitative estimate of drug-likeness (QED) is 0.781. The van der Waals surface area contributed by atoms with Crippen LogP contribution < -0.4 is 15.4 Å². The van der Waals surface area contributed by atoms with Gasteiger partial charge >= 0.3 is 12.4 Å². The lowest BCUT2D eigenvalue weighted by atomic mass is 10.1. The van der Waals surface area contributed by atoms with Gasteiger partial charge < -0.3 is 15.4 Å². The zero-order valence-electron chi connectivity index (χ0n) is 13.2. The summed E-state index contributed by atoms with van der Waals surface area (Å²) in [5.74, 6) is 0.187. The number of allylic oxidation sites excluding steroid dienone is 1. The van der Waals surface area contributed by atoms with Crippen molar-refractivity contribution in [1.29, 1.82) is 0 Å². The molecule has 1 aromatic carbocycles. The Morgan fingerprint density at radius 3 is 2.65 bits per heavy atom. The fraction of sp³-hybridized carbons (Fsp3) is 0.438. The molecule has 0 aliphatic rings. The number of hydrogen-bond donors (Lipinski definition) is 2. The van der Waals surface area contributed by atoms with Crippen LogP contribution in [-0.2, 0) is 6.54 Å². The third-order valence-corrected chi connectivity index (χ3v) is 2.90. The van der Waals surface area contributed by atoms with Crippen molar-refractivity contribution in [2.75, 3.05) is 0 Å². The van der Waals surface area contributed by atoms with Gasteiger partial charge in [0.25, 0.3) is 0 Å². The van der Waals surface area contributed by atoms with Crippen molar-refractivity contribution < 1.29 is 22.7 Å². The van der Waals surface area contributed by atoms with Gasteiger partial charge in [0.2, 0.25) is 0 Å². The number of ether oxygens (including phenoxy) is 1. The van der Waals surface area contributed by atoms with Gasteiger partial charge in [0.1, 0.15) is 5.75 Å². The van der Waals surface area contributed by atoms with E-state index in [1.807, 2.05) is 0 Å². The van der Waals surface area contributed by atoms with Crippen molar-refractivity contribution in [3.63, 3.8) is 0 Å². The van der Waals surface area contributed by atoms with Crippen LogP contribution in [0.5, 0.6) is 5.75 Å². The van der Waals surface area contributed by atoms with Gasteiger partial charge in [-0.1, -0.05) is 32.6 Å². The summed E-state index contributed by atoms with van der Waals surface area (Å²) in [6, 6.07) is 5.00. The number of carbonyl (C=O) groups excluding carboxylic acids is 1. The number of amides is 2. The molecule has 0 radical (unpaired) electrons. The van der Waals surface area contributed by atoms with E-state index in [0.29, 0.717) is 23.6 Å². The Bertz CT molecular complexity index is 542. The molecule has 7 heteroatoms. The predicted octanol–water partition coefficient (Wildman–Crippen LogP) is 4.33. The molecule has 2 N–H and O–H groups in total. The van der Waals surface area contributed by atoms with Crippen LogP contribution in [0.3, 0.4) is 0 Å². The van der Waals surface area contributed by atoms with E-state index in [-0.39, 0.29) is 12.3 Å². The third kappa shape index (κ3) is 8.75. The summed E-state index contributed by atoms with van der Waals surface area (Å²) < 4.78 is 40.3. The summed E-state index contributed by atoms with van der Waals surface area (Å²) >= 11 is 0. The van der Waals surface area contributed by atoms with Crippen molar-refractivity contribution in [3.8, 4) is 5.75 Å². The molecule has 0 atom stereocenters. The molecule has 0 aliphatic heterocycles. The highest BCUT2D eigenvalue weighted by Gasteiger charge is 2.31. The van der Waals surface area contributed by atoms with Crippen LogP contribution in [0.1, 0.15) is 32.3 Å². The fourth-order valence-electron chi connectivity index (χ4n) is 1.77. The Hall–Kier alpha value is -2.18. The number of rotatable bonds is 7. The van der Waals surface area contributed by atoms with Crippen molar-refractivity contribution in [1.82, 2.24) is 10.6 Å². The highest BCUT2D eigenvalue weighted by Crippen LogP contribution is 2.23. The summed E-state index contributed by atoms with van der Waals surface area (Å²) in [5, 5.41) is 5.16.